The highest BCUT2D eigenvalue weighted by molar-refractivity contribution is 6.32. The van der Waals surface area contributed by atoms with E-state index >= 15 is 0 Å². The summed E-state index contributed by atoms with van der Waals surface area (Å²) in [5.74, 6) is 0.189. The number of aromatic nitrogens is 2. The van der Waals surface area contributed by atoms with E-state index in [0.29, 0.717) is 17.9 Å². The highest BCUT2D eigenvalue weighted by atomic mass is 19.1. The van der Waals surface area contributed by atoms with Gasteiger partial charge in [0.15, 0.2) is 0 Å². The van der Waals surface area contributed by atoms with Gasteiger partial charge in [-0.2, -0.15) is 0 Å². The summed E-state index contributed by atoms with van der Waals surface area (Å²) < 4.78 is 13.9. The Kier molecular flexibility index (Phi) is 6.86. The number of pyridine rings is 2. The highest BCUT2D eigenvalue weighted by Gasteiger charge is 2.16. The maximum atomic E-state index is 13.9. The molecule has 0 aliphatic heterocycles. The third kappa shape index (κ3) is 4.87. The zero-order valence-corrected chi connectivity index (χ0v) is 17.5. The Morgan fingerprint density at radius 2 is 1.90 bits per heavy atom. The lowest BCUT2D eigenvalue weighted by Gasteiger charge is -2.16. The maximum absolute atomic E-state index is 13.9. The molecule has 0 atom stereocenters. The van der Waals surface area contributed by atoms with Crippen LogP contribution in [0.3, 0.4) is 0 Å². The van der Waals surface area contributed by atoms with Crippen LogP contribution >= 0.6 is 0 Å². The fourth-order valence-electron chi connectivity index (χ4n) is 3.21. The topological polar surface area (TPSA) is 50.2 Å². The molecule has 0 saturated carbocycles. The minimum Gasteiger partial charge on any atom is -0.366 e. The molecule has 0 fully saturated rings. The van der Waals surface area contributed by atoms with Gasteiger partial charge in [0.1, 0.15) is 11.6 Å². The number of allylic oxidation sites excluding steroid dienone is 2. The lowest BCUT2D eigenvalue weighted by atomic mass is 9.93. The van der Waals surface area contributed by atoms with Crippen LogP contribution < -0.4 is 5.32 Å². The lowest BCUT2D eigenvalue weighted by molar-refractivity contribution is 0.601. The number of hydrogen-bond acceptors (Lipinski definition) is 4. The summed E-state index contributed by atoms with van der Waals surface area (Å²) in [5, 5.41) is 3.12. The first-order valence-electron chi connectivity index (χ1n) is 9.75. The molecule has 3 aromatic rings. The van der Waals surface area contributed by atoms with Crippen LogP contribution in [0.15, 0.2) is 84.5 Å². The Morgan fingerprint density at radius 3 is 2.60 bits per heavy atom. The van der Waals surface area contributed by atoms with E-state index in [1.807, 2.05) is 51.2 Å². The van der Waals surface area contributed by atoms with Crippen LogP contribution in [0.1, 0.15) is 34.9 Å². The number of benzene rings is 1. The first-order valence-corrected chi connectivity index (χ1v) is 9.75. The number of halogens is 1. The van der Waals surface area contributed by atoms with Crippen LogP contribution in [0.5, 0.6) is 0 Å². The Labute approximate surface area is 177 Å². The predicted molar refractivity (Wildman–Crippen MR) is 121 cm³/mol. The van der Waals surface area contributed by atoms with E-state index in [4.69, 9.17) is 4.99 Å². The third-order valence-corrected chi connectivity index (χ3v) is 4.80. The Hall–Kier alpha value is -3.60. The van der Waals surface area contributed by atoms with Crippen molar-refractivity contribution in [3.63, 3.8) is 0 Å². The minimum absolute atomic E-state index is 0.258. The fraction of sp³-hybridized carbons (Fsp3) is 0.160. The fourth-order valence-corrected chi connectivity index (χ4v) is 3.21. The van der Waals surface area contributed by atoms with Crippen molar-refractivity contribution in [2.45, 2.75) is 27.3 Å². The van der Waals surface area contributed by atoms with E-state index in [9.17, 15) is 4.39 Å². The summed E-state index contributed by atoms with van der Waals surface area (Å²) in [4.78, 5) is 13.4. The van der Waals surface area contributed by atoms with Gasteiger partial charge in [0, 0.05) is 47.5 Å². The van der Waals surface area contributed by atoms with Gasteiger partial charge in [0.05, 0.1) is 5.71 Å². The molecular weight excluding hydrogens is 375 g/mol. The molecule has 30 heavy (non-hydrogen) atoms. The molecule has 0 spiro atoms. The van der Waals surface area contributed by atoms with Crippen LogP contribution in [-0.2, 0) is 6.54 Å². The summed E-state index contributed by atoms with van der Waals surface area (Å²) in [6.07, 6.45) is 7.38. The normalized spacial score (nSPS) is 12.0. The van der Waals surface area contributed by atoms with Crippen molar-refractivity contribution >= 4 is 11.3 Å². The summed E-state index contributed by atoms with van der Waals surface area (Å²) in [6, 6.07) is 12.5. The molecule has 3 rings (SSSR count). The van der Waals surface area contributed by atoms with Gasteiger partial charge in [-0.25, -0.2) is 9.38 Å². The Bertz CT molecular complexity index is 1120. The zero-order valence-electron chi connectivity index (χ0n) is 17.5. The van der Waals surface area contributed by atoms with Gasteiger partial charge >= 0.3 is 0 Å². The SMILES string of the molecule is C=C(/N=C(\C(=C/C)c1ccncc1C)c1cccnc1C)NCc1ccccc1F. The van der Waals surface area contributed by atoms with Gasteiger partial charge in [-0.1, -0.05) is 30.9 Å². The molecule has 152 valence electrons. The summed E-state index contributed by atoms with van der Waals surface area (Å²) in [5.41, 5.74) is 6.13. The van der Waals surface area contributed by atoms with E-state index < -0.39 is 0 Å². The molecule has 5 heteroatoms. The van der Waals surface area contributed by atoms with Crippen LogP contribution in [0.2, 0.25) is 0 Å². The number of aryl methyl sites for hydroxylation is 2. The van der Waals surface area contributed by atoms with Gasteiger partial charge in [0.25, 0.3) is 0 Å². The van der Waals surface area contributed by atoms with Crippen LogP contribution in [0.25, 0.3) is 5.57 Å². The van der Waals surface area contributed by atoms with Gasteiger partial charge in [-0.05, 0) is 56.2 Å². The average Bonchev–Trinajstić information content (AvgIpc) is 2.74. The van der Waals surface area contributed by atoms with E-state index in [2.05, 4.69) is 21.9 Å². The number of aliphatic imine (C=N–C) groups is 1. The van der Waals surface area contributed by atoms with E-state index in [1.165, 1.54) is 6.07 Å². The highest BCUT2D eigenvalue weighted by Crippen LogP contribution is 2.25. The van der Waals surface area contributed by atoms with Crippen molar-refractivity contribution in [3.05, 3.63) is 113 Å². The summed E-state index contributed by atoms with van der Waals surface area (Å²) in [7, 11) is 0. The molecule has 0 radical (unpaired) electrons. The first-order chi connectivity index (χ1) is 14.5. The molecule has 1 N–H and O–H groups in total. The standard InChI is InChI=1S/C25H25FN4/c1-5-21(22-12-14-27-15-17(22)2)25(23-10-8-13-28-18(23)3)30-19(4)29-16-20-9-6-7-11-24(20)26/h5-15,29H,4,16H2,1-3H3/b21-5-,30-25+. The second-order valence-electron chi connectivity index (χ2n) is 6.88. The van der Waals surface area contributed by atoms with Crippen LogP contribution in [0, 0.1) is 19.7 Å². The monoisotopic (exact) mass is 400 g/mol. The predicted octanol–water partition coefficient (Wildman–Crippen LogP) is 5.39. The second kappa shape index (κ2) is 9.74. The Morgan fingerprint density at radius 1 is 1.10 bits per heavy atom. The zero-order chi connectivity index (χ0) is 21.5. The quantitative estimate of drug-likeness (QED) is 0.541. The molecule has 2 aromatic heterocycles. The molecule has 0 saturated heterocycles. The van der Waals surface area contributed by atoms with Gasteiger partial charge in [-0.3, -0.25) is 9.97 Å². The number of hydrogen-bond donors (Lipinski definition) is 1. The van der Waals surface area contributed by atoms with Crippen molar-refractivity contribution in [2.24, 2.45) is 4.99 Å². The average molecular weight is 401 g/mol. The number of nitrogens with zero attached hydrogens (tertiary/aromatic N) is 3. The van der Waals surface area contributed by atoms with Crippen molar-refractivity contribution in [1.82, 2.24) is 15.3 Å². The van der Waals surface area contributed by atoms with Crippen molar-refractivity contribution < 1.29 is 4.39 Å². The minimum atomic E-state index is -0.258. The van der Waals surface area contributed by atoms with E-state index in [-0.39, 0.29) is 5.82 Å². The molecule has 2 heterocycles. The van der Waals surface area contributed by atoms with Gasteiger partial charge in [0.2, 0.25) is 0 Å². The van der Waals surface area contributed by atoms with E-state index in [1.54, 1.807) is 30.6 Å². The van der Waals surface area contributed by atoms with Crippen molar-refractivity contribution in [1.29, 1.82) is 0 Å². The molecule has 0 aliphatic carbocycles. The Balaban J connectivity index is 1.99. The number of rotatable bonds is 7. The van der Waals surface area contributed by atoms with E-state index in [0.717, 1.165) is 33.7 Å². The number of nitrogens with one attached hydrogen (secondary N) is 1. The smallest absolute Gasteiger partial charge is 0.128 e. The largest absolute Gasteiger partial charge is 0.366 e. The van der Waals surface area contributed by atoms with Crippen molar-refractivity contribution in [3.8, 4) is 0 Å². The molecule has 0 aliphatic rings. The summed E-state index contributed by atoms with van der Waals surface area (Å²) >= 11 is 0. The maximum Gasteiger partial charge on any atom is 0.128 e. The van der Waals surface area contributed by atoms with Gasteiger partial charge in [-0.15, -0.1) is 0 Å². The first kappa shape index (κ1) is 21.1. The van der Waals surface area contributed by atoms with Crippen molar-refractivity contribution in [2.75, 3.05) is 0 Å². The van der Waals surface area contributed by atoms with Crippen LogP contribution in [-0.4, -0.2) is 15.7 Å². The summed E-state index contributed by atoms with van der Waals surface area (Å²) in [6.45, 7) is 10.3. The molecule has 1 aromatic carbocycles. The van der Waals surface area contributed by atoms with Gasteiger partial charge < -0.3 is 5.32 Å². The molecule has 4 nitrogen and oxygen atoms in total. The third-order valence-electron chi connectivity index (χ3n) is 4.80. The van der Waals surface area contributed by atoms with Crippen LogP contribution in [0.4, 0.5) is 4.39 Å². The molecule has 0 unspecified atom stereocenters. The second-order valence-corrected chi connectivity index (χ2v) is 6.88. The molecule has 0 amide bonds. The molecular formula is C25H25FN4. The lowest BCUT2D eigenvalue weighted by Crippen LogP contribution is -2.15. The molecule has 0 bridgehead atoms.